The Labute approximate surface area is 104 Å². The quantitative estimate of drug-likeness (QED) is 0.847. The minimum Gasteiger partial charge on any atom is -0.351 e. The van der Waals surface area contributed by atoms with Gasteiger partial charge >= 0.3 is 0 Å². The molecule has 5 heteroatoms. The summed E-state index contributed by atoms with van der Waals surface area (Å²) in [5, 5.41) is 3.30. The van der Waals surface area contributed by atoms with E-state index in [1.54, 1.807) is 11.7 Å². The fourth-order valence-electron chi connectivity index (χ4n) is 1.98. The van der Waals surface area contributed by atoms with Crippen LogP contribution in [0.5, 0.6) is 0 Å². The Hall–Kier alpha value is -0.610. The minimum absolute atomic E-state index is 0.00417. The van der Waals surface area contributed by atoms with E-state index in [1.165, 1.54) is 11.3 Å². The normalized spacial score (nSPS) is 25.3. The van der Waals surface area contributed by atoms with Gasteiger partial charge in [0.2, 0.25) is 0 Å². The predicted molar refractivity (Wildman–Crippen MR) is 66.0 cm³/mol. The smallest absolute Gasteiger partial charge is 0.263 e. The molecule has 1 saturated carbocycles. The molecular weight excluding hydrogens is 244 g/mol. The van der Waals surface area contributed by atoms with Gasteiger partial charge in [0.15, 0.2) is 0 Å². The van der Waals surface area contributed by atoms with Crippen molar-refractivity contribution in [1.82, 2.24) is 10.3 Å². The average molecular weight is 259 g/mol. The third-order valence-electron chi connectivity index (χ3n) is 2.98. The Bertz CT molecular complexity index is 334. The van der Waals surface area contributed by atoms with Gasteiger partial charge in [-0.15, -0.1) is 22.9 Å². The number of alkyl halides is 1. The van der Waals surface area contributed by atoms with E-state index in [0.29, 0.717) is 16.2 Å². The largest absolute Gasteiger partial charge is 0.351 e. The molecule has 16 heavy (non-hydrogen) atoms. The molecule has 2 rings (SSSR count). The highest BCUT2D eigenvalue weighted by atomic mass is 35.5. The minimum atomic E-state index is -0.00417. The summed E-state index contributed by atoms with van der Waals surface area (Å²) in [4.78, 5) is 16.2. The lowest BCUT2D eigenvalue weighted by Crippen LogP contribution is -2.31. The van der Waals surface area contributed by atoms with Crippen LogP contribution in [-0.2, 0) is 0 Å². The van der Waals surface area contributed by atoms with Gasteiger partial charge in [-0.25, -0.2) is 0 Å². The molecule has 1 amide bonds. The highest BCUT2D eigenvalue weighted by molar-refractivity contribution is 7.11. The fraction of sp³-hybridized carbons (Fsp3) is 0.636. The molecule has 0 aliphatic heterocycles. The molecular formula is C11H15ClN2OS. The number of hydrogen-bond donors (Lipinski definition) is 1. The van der Waals surface area contributed by atoms with E-state index in [4.69, 9.17) is 11.6 Å². The van der Waals surface area contributed by atoms with Gasteiger partial charge in [0.05, 0.1) is 11.7 Å². The maximum atomic E-state index is 11.6. The molecule has 0 atom stereocenters. The highest BCUT2D eigenvalue weighted by Gasteiger charge is 2.20. The molecule has 0 spiro atoms. The predicted octanol–water partition coefficient (Wildman–Crippen LogP) is 2.67. The van der Waals surface area contributed by atoms with Crippen molar-refractivity contribution >= 4 is 28.8 Å². The first-order chi connectivity index (χ1) is 7.75. The van der Waals surface area contributed by atoms with E-state index < -0.39 is 0 Å². The van der Waals surface area contributed by atoms with Crippen molar-refractivity contribution in [3.63, 3.8) is 0 Å². The zero-order valence-electron chi connectivity index (χ0n) is 8.99. The number of hydrogen-bond acceptors (Lipinski definition) is 3. The molecule has 88 valence electrons. The van der Waals surface area contributed by atoms with Crippen molar-refractivity contribution in [3.05, 3.63) is 16.6 Å². The molecule has 1 N–H and O–H groups in total. The van der Waals surface area contributed by atoms with Gasteiger partial charge in [-0.1, -0.05) is 0 Å². The van der Waals surface area contributed by atoms with E-state index in [9.17, 15) is 4.79 Å². The SMILES string of the molecule is O=C(NCC1CCC(Cl)CC1)c1cncs1. The van der Waals surface area contributed by atoms with Gasteiger partial charge in [-0.2, -0.15) is 0 Å². The number of nitrogens with one attached hydrogen (secondary N) is 1. The van der Waals surface area contributed by atoms with Crippen LogP contribution >= 0.6 is 22.9 Å². The summed E-state index contributed by atoms with van der Waals surface area (Å²) in [6.07, 6.45) is 6.00. The number of halogens is 1. The first-order valence-electron chi connectivity index (χ1n) is 5.56. The van der Waals surface area contributed by atoms with Crippen molar-refractivity contribution in [2.45, 2.75) is 31.1 Å². The second-order valence-corrected chi connectivity index (χ2v) is 5.70. The van der Waals surface area contributed by atoms with Crippen LogP contribution in [-0.4, -0.2) is 22.8 Å². The summed E-state index contributed by atoms with van der Waals surface area (Å²) < 4.78 is 0. The Morgan fingerprint density at radius 3 is 2.88 bits per heavy atom. The van der Waals surface area contributed by atoms with Gasteiger partial charge in [0, 0.05) is 11.9 Å². The number of rotatable bonds is 3. The zero-order chi connectivity index (χ0) is 11.4. The number of aromatic nitrogens is 1. The van der Waals surface area contributed by atoms with Crippen LogP contribution in [0.3, 0.4) is 0 Å². The topological polar surface area (TPSA) is 42.0 Å². The number of carbonyl (C=O) groups is 1. The maximum absolute atomic E-state index is 11.6. The van der Waals surface area contributed by atoms with E-state index in [2.05, 4.69) is 10.3 Å². The number of amides is 1. The van der Waals surface area contributed by atoms with Gasteiger partial charge in [-0.05, 0) is 31.6 Å². The Morgan fingerprint density at radius 1 is 1.50 bits per heavy atom. The third-order valence-corrected chi connectivity index (χ3v) is 4.19. The lowest BCUT2D eigenvalue weighted by atomic mass is 9.89. The fourth-order valence-corrected chi connectivity index (χ4v) is 2.77. The Balaban J connectivity index is 1.73. The Morgan fingerprint density at radius 2 is 2.25 bits per heavy atom. The summed E-state index contributed by atoms with van der Waals surface area (Å²) >= 11 is 7.41. The summed E-state index contributed by atoms with van der Waals surface area (Å²) in [5.74, 6) is 0.586. The molecule has 1 aromatic heterocycles. The first-order valence-corrected chi connectivity index (χ1v) is 6.88. The van der Waals surface area contributed by atoms with Crippen molar-refractivity contribution in [3.8, 4) is 0 Å². The molecule has 1 aliphatic carbocycles. The van der Waals surface area contributed by atoms with Crippen LogP contribution in [0.15, 0.2) is 11.7 Å². The molecule has 0 radical (unpaired) electrons. The van der Waals surface area contributed by atoms with Crippen LogP contribution in [0.1, 0.15) is 35.4 Å². The third kappa shape index (κ3) is 3.19. The zero-order valence-corrected chi connectivity index (χ0v) is 10.6. The second kappa shape index (κ2) is 5.64. The maximum Gasteiger partial charge on any atom is 0.263 e. The molecule has 1 aromatic rings. The van der Waals surface area contributed by atoms with E-state index in [0.717, 1.165) is 32.2 Å². The molecule has 0 unspecified atom stereocenters. The summed E-state index contributed by atoms with van der Waals surface area (Å²) in [5.41, 5.74) is 1.67. The number of thiazole rings is 1. The second-order valence-electron chi connectivity index (χ2n) is 4.19. The lowest BCUT2D eigenvalue weighted by molar-refractivity contribution is 0.0947. The molecule has 0 aromatic carbocycles. The lowest BCUT2D eigenvalue weighted by Gasteiger charge is -2.24. The van der Waals surface area contributed by atoms with Crippen molar-refractivity contribution in [1.29, 1.82) is 0 Å². The monoisotopic (exact) mass is 258 g/mol. The molecule has 3 nitrogen and oxygen atoms in total. The van der Waals surface area contributed by atoms with Crippen LogP contribution in [0.2, 0.25) is 0 Å². The summed E-state index contributed by atoms with van der Waals surface area (Å²) in [6, 6.07) is 0. The van der Waals surface area contributed by atoms with Crippen LogP contribution in [0.25, 0.3) is 0 Å². The van der Waals surface area contributed by atoms with Crippen molar-refractivity contribution in [2.24, 2.45) is 5.92 Å². The molecule has 0 saturated heterocycles. The van der Waals surface area contributed by atoms with Gasteiger partial charge in [0.25, 0.3) is 5.91 Å². The Kier molecular flexibility index (Phi) is 4.18. The number of carbonyl (C=O) groups excluding carboxylic acids is 1. The van der Waals surface area contributed by atoms with Crippen LogP contribution in [0, 0.1) is 5.92 Å². The summed E-state index contributed by atoms with van der Waals surface area (Å²) in [6.45, 7) is 0.764. The van der Waals surface area contributed by atoms with E-state index in [-0.39, 0.29) is 5.91 Å². The standard InChI is InChI=1S/C11H15ClN2OS/c12-9-3-1-8(2-4-9)5-14-11(15)10-6-13-7-16-10/h6-9H,1-5H2,(H,14,15). The first kappa shape index (κ1) is 11.9. The van der Waals surface area contributed by atoms with Crippen molar-refractivity contribution in [2.75, 3.05) is 6.54 Å². The molecule has 0 bridgehead atoms. The van der Waals surface area contributed by atoms with Gasteiger partial charge < -0.3 is 5.32 Å². The van der Waals surface area contributed by atoms with E-state index in [1.807, 2.05) is 0 Å². The van der Waals surface area contributed by atoms with Crippen LogP contribution in [0.4, 0.5) is 0 Å². The molecule has 1 fully saturated rings. The van der Waals surface area contributed by atoms with Gasteiger partial charge in [0.1, 0.15) is 4.88 Å². The van der Waals surface area contributed by atoms with E-state index >= 15 is 0 Å². The summed E-state index contributed by atoms with van der Waals surface area (Å²) in [7, 11) is 0. The average Bonchev–Trinajstić information content (AvgIpc) is 2.81. The molecule has 1 aliphatic rings. The van der Waals surface area contributed by atoms with Gasteiger partial charge in [-0.3, -0.25) is 9.78 Å². The van der Waals surface area contributed by atoms with Crippen molar-refractivity contribution < 1.29 is 4.79 Å². The number of nitrogens with zero attached hydrogens (tertiary/aromatic N) is 1. The highest BCUT2D eigenvalue weighted by Crippen LogP contribution is 2.27. The van der Waals surface area contributed by atoms with Crippen LogP contribution < -0.4 is 5.32 Å². The molecule has 1 heterocycles.